The minimum atomic E-state index is 0. The van der Waals surface area contributed by atoms with Gasteiger partial charge in [0.15, 0.2) is 17.5 Å². The number of aliphatic imine (C=N–C) groups is 1. The first-order chi connectivity index (χ1) is 14.1. The summed E-state index contributed by atoms with van der Waals surface area (Å²) in [6.45, 7) is 8.95. The van der Waals surface area contributed by atoms with Crippen LogP contribution in [0.1, 0.15) is 43.7 Å². The maximum atomic E-state index is 5.48. The van der Waals surface area contributed by atoms with Crippen molar-refractivity contribution in [2.24, 2.45) is 10.9 Å². The molecule has 1 fully saturated rings. The highest BCUT2D eigenvalue weighted by Crippen LogP contribution is 2.33. The Balaban J connectivity index is 0.00000320. The first-order valence-electron chi connectivity index (χ1n) is 11.1. The van der Waals surface area contributed by atoms with E-state index in [-0.39, 0.29) is 24.0 Å². The fourth-order valence-electron chi connectivity index (χ4n) is 4.55. The monoisotopic (exact) mass is 530 g/mol. The van der Waals surface area contributed by atoms with Crippen LogP contribution in [0.2, 0.25) is 0 Å². The van der Waals surface area contributed by atoms with E-state index in [1.54, 1.807) is 14.2 Å². The number of halogens is 1. The third kappa shape index (κ3) is 6.64. The highest BCUT2D eigenvalue weighted by molar-refractivity contribution is 14.0. The number of hydrogen-bond donors (Lipinski definition) is 1. The van der Waals surface area contributed by atoms with Gasteiger partial charge in [0.05, 0.1) is 14.2 Å². The molecule has 1 N–H and O–H groups in total. The minimum absolute atomic E-state index is 0. The molecule has 0 spiro atoms. The zero-order valence-electron chi connectivity index (χ0n) is 19.1. The number of unbranched alkanes of at least 4 members (excludes halogenated alkanes) is 1. The van der Waals surface area contributed by atoms with Crippen LogP contribution in [0.5, 0.6) is 11.5 Å². The van der Waals surface area contributed by atoms with Gasteiger partial charge in [0.25, 0.3) is 0 Å². The van der Waals surface area contributed by atoms with Gasteiger partial charge in [0.2, 0.25) is 0 Å². The molecule has 170 valence electrons. The molecule has 0 bridgehead atoms. The zero-order valence-corrected chi connectivity index (χ0v) is 21.4. The maximum absolute atomic E-state index is 5.48. The molecule has 1 aromatic carbocycles. The summed E-state index contributed by atoms with van der Waals surface area (Å²) in [4.78, 5) is 9.49. The lowest BCUT2D eigenvalue weighted by molar-refractivity contribution is 0.181. The molecule has 0 amide bonds. The molecule has 2 heterocycles. The van der Waals surface area contributed by atoms with Gasteiger partial charge in [-0.2, -0.15) is 0 Å². The van der Waals surface area contributed by atoms with Gasteiger partial charge in [-0.3, -0.25) is 4.99 Å². The molecule has 1 saturated heterocycles. The normalized spacial score (nSPS) is 19.7. The number of fused-ring (bicyclic) bond motifs is 1. The summed E-state index contributed by atoms with van der Waals surface area (Å²) in [7, 11) is 5.26. The van der Waals surface area contributed by atoms with E-state index in [4.69, 9.17) is 9.47 Å². The number of rotatable bonds is 7. The van der Waals surface area contributed by atoms with Crippen molar-refractivity contribution in [1.29, 1.82) is 0 Å². The summed E-state index contributed by atoms with van der Waals surface area (Å²) >= 11 is 0. The summed E-state index contributed by atoms with van der Waals surface area (Å²) in [5.41, 5.74) is 2.63. The number of nitrogens with one attached hydrogen (secondary N) is 1. The molecule has 0 radical (unpaired) electrons. The second kappa shape index (κ2) is 12.6. The number of ether oxygens (including phenoxy) is 2. The molecule has 1 atom stereocenters. The van der Waals surface area contributed by atoms with Gasteiger partial charge < -0.3 is 24.6 Å². The van der Waals surface area contributed by atoms with Gasteiger partial charge in [-0.1, -0.05) is 6.92 Å². The van der Waals surface area contributed by atoms with Crippen LogP contribution >= 0.6 is 24.0 Å². The highest BCUT2D eigenvalue weighted by atomic mass is 127. The number of guanidine groups is 1. The molecular formula is C23H39IN4O2. The molecule has 30 heavy (non-hydrogen) atoms. The van der Waals surface area contributed by atoms with Crippen molar-refractivity contribution in [1.82, 2.24) is 15.1 Å². The van der Waals surface area contributed by atoms with Crippen molar-refractivity contribution in [3.05, 3.63) is 23.3 Å². The van der Waals surface area contributed by atoms with Gasteiger partial charge >= 0.3 is 0 Å². The van der Waals surface area contributed by atoms with E-state index in [2.05, 4.69) is 39.2 Å². The number of methoxy groups -OCH3 is 2. The first-order valence-corrected chi connectivity index (χ1v) is 11.1. The van der Waals surface area contributed by atoms with Crippen molar-refractivity contribution >= 4 is 29.9 Å². The van der Waals surface area contributed by atoms with E-state index < -0.39 is 0 Å². The SMILES string of the molecule is CN=C(NCCCCN1CCCC(C)C1)N1CCc2cc(OC)c(OC)cc2C1.I. The summed E-state index contributed by atoms with van der Waals surface area (Å²) < 4.78 is 10.9. The predicted octanol–water partition coefficient (Wildman–Crippen LogP) is 3.77. The topological polar surface area (TPSA) is 49.3 Å². The summed E-state index contributed by atoms with van der Waals surface area (Å²) in [6.07, 6.45) is 6.17. The average molecular weight is 530 g/mol. The van der Waals surface area contributed by atoms with E-state index in [0.717, 1.165) is 49.4 Å². The van der Waals surface area contributed by atoms with E-state index in [1.165, 1.54) is 56.4 Å². The second-order valence-corrected chi connectivity index (χ2v) is 8.38. The lowest BCUT2D eigenvalue weighted by Gasteiger charge is -2.32. The molecule has 7 heteroatoms. The number of hydrogen-bond acceptors (Lipinski definition) is 4. The van der Waals surface area contributed by atoms with Crippen LogP contribution in [-0.2, 0) is 13.0 Å². The van der Waals surface area contributed by atoms with Crippen LogP contribution in [0.25, 0.3) is 0 Å². The molecule has 0 saturated carbocycles. The Kier molecular flexibility index (Phi) is 10.5. The van der Waals surface area contributed by atoms with Crippen LogP contribution in [0, 0.1) is 5.92 Å². The third-order valence-corrected chi connectivity index (χ3v) is 6.15. The van der Waals surface area contributed by atoms with E-state index in [1.807, 2.05) is 7.05 Å². The molecule has 0 aliphatic carbocycles. The van der Waals surface area contributed by atoms with Gasteiger partial charge in [0, 0.05) is 33.2 Å². The van der Waals surface area contributed by atoms with Crippen LogP contribution < -0.4 is 14.8 Å². The lowest BCUT2D eigenvalue weighted by atomic mass is 9.99. The van der Waals surface area contributed by atoms with Crippen molar-refractivity contribution < 1.29 is 9.47 Å². The van der Waals surface area contributed by atoms with E-state index in [0.29, 0.717) is 0 Å². The largest absolute Gasteiger partial charge is 0.493 e. The first kappa shape index (κ1) is 25.0. The Hall–Kier alpha value is -1.22. The Labute approximate surface area is 199 Å². The Morgan fingerprint density at radius 1 is 1.13 bits per heavy atom. The minimum Gasteiger partial charge on any atom is -0.493 e. The van der Waals surface area contributed by atoms with Gasteiger partial charge in [-0.15, -0.1) is 24.0 Å². The smallest absolute Gasteiger partial charge is 0.193 e. The number of likely N-dealkylation sites (tertiary alicyclic amines) is 1. The molecular weight excluding hydrogens is 491 g/mol. The molecule has 0 aromatic heterocycles. The summed E-state index contributed by atoms with van der Waals surface area (Å²) in [5, 5.41) is 3.57. The Bertz CT molecular complexity index is 698. The molecule has 1 unspecified atom stereocenters. The van der Waals surface area contributed by atoms with Crippen molar-refractivity contribution in [3.8, 4) is 11.5 Å². The van der Waals surface area contributed by atoms with Crippen LogP contribution in [0.15, 0.2) is 17.1 Å². The Morgan fingerprint density at radius 2 is 1.87 bits per heavy atom. The summed E-state index contributed by atoms with van der Waals surface area (Å²) in [6, 6.07) is 4.22. The quantitative estimate of drug-likeness (QED) is 0.252. The fourth-order valence-corrected chi connectivity index (χ4v) is 4.55. The van der Waals surface area contributed by atoms with Crippen LogP contribution in [0.4, 0.5) is 0 Å². The fraction of sp³-hybridized carbons (Fsp3) is 0.696. The second-order valence-electron chi connectivity index (χ2n) is 8.38. The van der Waals surface area contributed by atoms with Crippen LogP contribution in [-0.4, -0.2) is 69.8 Å². The van der Waals surface area contributed by atoms with E-state index in [9.17, 15) is 0 Å². The van der Waals surface area contributed by atoms with Crippen LogP contribution in [0.3, 0.4) is 0 Å². The van der Waals surface area contributed by atoms with Crippen molar-refractivity contribution in [2.45, 2.75) is 45.6 Å². The number of benzene rings is 1. The highest BCUT2D eigenvalue weighted by Gasteiger charge is 2.21. The maximum Gasteiger partial charge on any atom is 0.193 e. The standard InChI is InChI=1S/C23H38N4O2.HI/c1-18-8-7-12-26(16-18)11-6-5-10-25-23(24-2)27-13-9-19-14-21(28-3)22(29-4)15-20(19)17-27;/h14-15,18H,5-13,16-17H2,1-4H3,(H,24,25);1H. The predicted molar refractivity (Wildman–Crippen MR) is 135 cm³/mol. The molecule has 1 aromatic rings. The number of nitrogens with zero attached hydrogens (tertiary/aromatic N) is 3. The number of piperidine rings is 1. The zero-order chi connectivity index (χ0) is 20.6. The average Bonchev–Trinajstić information content (AvgIpc) is 2.75. The molecule has 6 nitrogen and oxygen atoms in total. The van der Waals surface area contributed by atoms with Crippen molar-refractivity contribution in [2.75, 3.05) is 54.0 Å². The lowest BCUT2D eigenvalue weighted by Crippen LogP contribution is -2.44. The van der Waals surface area contributed by atoms with Crippen molar-refractivity contribution in [3.63, 3.8) is 0 Å². The molecule has 3 rings (SSSR count). The van der Waals surface area contributed by atoms with E-state index >= 15 is 0 Å². The molecule has 2 aliphatic heterocycles. The van der Waals surface area contributed by atoms with Gasteiger partial charge in [-0.05, 0) is 74.4 Å². The third-order valence-electron chi connectivity index (χ3n) is 6.15. The Morgan fingerprint density at radius 3 is 2.53 bits per heavy atom. The molecule has 2 aliphatic rings. The summed E-state index contributed by atoms with van der Waals surface area (Å²) in [5.74, 6) is 3.46. The van der Waals surface area contributed by atoms with Gasteiger partial charge in [-0.25, -0.2) is 0 Å². The van der Waals surface area contributed by atoms with Gasteiger partial charge in [0.1, 0.15) is 0 Å².